The van der Waals surface area contributed by atoms with Gasteiger partial charge in [0.05, 0.1) is 34.2 Å². The minimum absolute atomic E-state index is 0.269. The lowest BCUT2D eigenvalue weighted by molar-refractivity contribution is 0.0926. The van der Waals surface area contributed by atoms with Gasteiger partial charge >= 0.3 is 6.03 Å². The van der Waals surface area contributed by atoms with Gasteiger partial charge in [-0.15, -0.1) is 0 Å². The molecule has 0 aliphatic carbocycles. The number of rotatable bonds is 4. The number of aromatic nitrogens is 1. The number of fused-ring (bicyclic) bond motifs is 2. The zero-order valence-electron chi connectivity index (χ0n) is 15.4. The van der Waals surface area contributed by atoms with E-state index in [1.807, 2.05) is 0 Å². The highest BCUT2D eigenvalue weighted by atomic mass is 32.1. The zero-order chi connectivity index (χ0) is 20.7. The molecule has 2 aromatic carbocycles. The third-order valence-electron chi connectivity index (χ3n) is 4.62. The molecule has 9 heteroatoms. The maximum Gasteiger partial charge on any atom is 0.319 e. The van der Waals surface area contributed by atoms with E-state index in [0.29, 0.717) is 33.2 Å². The van der Waals surface area contributed by atoms with Gasteiger partial charge in [-0.1, -0.05) is 23.5 Å². The van der Waals surface area contributed by atoms with Gasteiger partial charge in [-0.25, -0.2) is 14.7 Å². The van der Waals surface area contributed by atoms with Crippen molar-refractivity contribution >= 4 is 50.2 Å². The van der Waals surface area contributed by atoms with Crippen molar-refractivity contribution in [3.63, 3.8) is 0 Å². The van der Waals surface area contributed by atoms with E-state index in [-0.39, 0.29) is 24.4 Å². The Labute approximate surface area is 174 Å². The first-order valence-corrected chi connectivity index (χ1v) is 9.87. The fourth-order valence-electron chi connectivity index (χ4n) is 3.20. The molecular weight excluding hydrogens is 404 g/mol. The molecule has 0 saturated heterocycles. The second-order valence-corrected chi connectivity index (χ2v) is 7.57. The van der Waals surface area contributed by atoms with Gasteiger partial charge in [-0.05, 0) is 42.5 Å². The summed E-state index contributed by atoms with van der Waals surface area (Å²) in [5, 5.41) is 5.75. The SMILES string of the molecule is O=C(NCc1ccco1)Nc1ccc2nc(N3C(=O)c4ccccc4C3=O)sc2c1. The van der Waals surface area contributed by atoms with Crippen LogP contribution in [0.2, 0.25) is 0 Å². The summed E-state index contributed by atoms with van der Waals surface area (Å²) in [6.07, 6.45) is 1.54. The molecule has 1 aliphatic rings. The number of carbonyl (C=O) groups excluding carboxylic acids is 3. The number of hydrogen-bond acceptors (Lipinski definition) is 6. The molecule has 0 fully saturated rings. The summed E-state index contributed by atoms with van der Waals surface area (Å²) in [4.78, 5) is 43.0. The maximum absolute atomic E-state index is 12.7. The van der Waals surface area contributed by atoms with Crippen LogP contribution in [0.5, 0.6) is 0 Å². The first kappa shape index (κ1) is 18.1. The van der Waals surface area contributed by atoms with Crippen molar-refractivity contribution < 1.29 is 18.8 Å². The van der Waals surface area contributed by atoms with Gasteiger partial charge in [0.15, 0.2) is 0 Å². The average molecular weight is 418 g/mol. The van der Waals surface area contributed by atoms with E-state index in [1.54, 1.807) is 60.9 Å². The molecule has 4 amide bonds. The molecule has 4 aromatic rings. The number of carbonyl (C=O) groups is 3. The summed E-state index contributed by atoms with van der Waals surface area (Å²) in [6.45, 7) is 0.269. The first-order chi connectivity index (χ1) is 14.6. The van der Waals surface area contributed by atoms with Gasteiger partial charge in [0.2, 0.25) is 5.13 Å². The fourth-order valence-corrected chi connectivity index (χ4v) is 4.21. The summed E-state index contributed by atoms with van der Waals surface area (Å²) >= 11 is 1.21. The summed E-state index contributed by atoms with van der Waals surface area (Å²) in [6, 6.07) is 15.0. The van der Waals surface area contributed by atoms with Gasteiger partial charge in [-0.3, -0.25) is 9.59 Å². The van der Waals surface area contributed by atoms with Crippen LogP contribution in [0.1, 0.15) is 26.5 Å². The highest BCUT2D eigenvalue weighted by Gasteiger charge is 2.38. The van der Waals surface area contributed by atoms with Crippen LogP contribution < -0.4 is 15.5 Å². The Morgan fingerprint density at radius 1 is 1.03 bits per heavy atom. The first-order valence-electron chi connectivity index (χ1n) is 9.06. The van der Waals surface area contributed by atoms with Gasteiger partial charge in [-0.2, -0.15) is 0 Å². The summed E-state index contributed by atoms with van der Waals surface area (Å²) in [5.41, 5.74) is 1.94. The van der Waals surface area contributed by atoms with Crippen molar-refractivity contribution in [3.8, 4) is 0 Å². The molecule has 5 rings (SSSR count). The second kappa shape index (κ2) is 7.12. The van der Waals surface area contributed by atoms with E-state index in [9.17, 15) is 14.4 Å². The number of hydrogen-bond donors (Lipinski definition) is 2. The highest BCUT2D eigenvalue weighted by Crippen LogP contribution is 2.35. The van der Waals surface area contributed by atoms with Gasteiger partial charge in [0.1, 0.15) is 5.76 Å². The Morgan fingerprint density at radius 3 is 2.50 bits per heavy atom. The van der Waals surface area contributed by atoms with E-state index in [1.165, 1.54) is 11.3 Å². The number of amides is 4. The number of anilines is 2. The quantitative estimate of drug-likeness (QED) is 0.487. The third kappa shape index (κ3) is 3.11. The molecule has 2 aromatic heterocycles. The monoisotopic (exact) mass is 418 g/mol. The van der Waals surface area contributed by atoms with Crippen LogP contribution in [0.25, 0.3) is 10.2 Å². The molecule has 148 valence electrons. The van der Waals surface area contributed by atoms with E-state index in [0.717, 1.165) is 9.60 Å². The lowest BCUT2D eigenvalue weighted by atomic mass is 10.1. The minimum Gasteiger partial charge on any atom is -0.467 e. The van der Waals surface area contributed by atoms with Crippen LogP contribution in [0.4, 0.5) is 15.6 Å². The molecule has 0 bridgehead atoms. The molecule has 8 nitrogen and oxygen atoms in total. The van der Waals surface area contributed by atoms with Crippen LogP contribution in [0.3, 0.4) is 0 Å². The molecule has 2 N–H and O–H groups in total. The molecule has 3 heterocycles. The molecule has 0 atom stereocenters. The van der Waals surface area contributed by atoms with Crippen molar-refractivity contribution in [3.05, 3.63) is 77.7 Å². The maximum atomic E-state index is 12.7. The van der Waals surface area contributed by atoms with Crippen LogP contribution in [-0.4, -0.2) is 22.8 Å². The van der Waals surface area contributed by atoms with Crippen LogP contribution in [0, 0.1) is 0 Å². The predicted octanol–water partition coefficient (Wildman–Crippen LogP) is 4.01. The van der Waals surface area contributed by atoms with E-state index < -0.39 is 0 Å². The van der Waals surface area contributed by atoms with Crippen molar-refractivity contribution in [1.29, 1.82) is 0 Å². The van der Waals surface area contributed by atoms with Crippen molar-refractivity contribution in [1.82, 2.24) is 10.3 Å². The molecular formula is C21H14N4O4S. The van der Waals surface area contributed by atoms with E-state index in [4.69, 9.17) is 4.42 Å². The Balaban J connectivity index is 1.35. The fraction of sp³-hybridized carbons (Fsp3) is 0.0476. The normalized spacial score (nSPS) is 13.0. The Bertz CT molecular complexity index is 1260. The number of furan rings is 1. The van der Waals surface area contributed by atoms with Gasteiger partial charge in [0, 0.05) is 5.69 Å². The Morgan fingerprint density at radius 2 is 1.80 bits per heavy atom. The van der Waals surface area contributed by atoms with Crippen molar-refractivity contribution in [2.45, 2.75) is 6.54 Å². The second-order valence-electron chi connectivity index (χ2n) is 6.56. The number of benzene rings is 2. The number of thiazole rings is 1. The Hall–Kier alpha value is -3.98. The van der Waals surface area contributed by atoms with Gasteiger partial charge < -0.3 is 15.1 Å². The molecule has 0 radical (unpaired) electrons. The third-order valence-corrected chi connectivity index (χ3v) is 5.63. The largest absolute Gasteiger partial charge is 0.467 e. The number of nitrogens with zero attached hydrogens (tertiary/aromatic N) is 2. The molecule has 0 spiro atoms. The minimum atomic E-state index is -0.384. The van der Waals surface area contributed by atoms with Gasteiger partial charge in [0.25, 0.3) is 11.8 Å². The number of urea groups is 1. The van der Waals surface area contributed by atoms with Crippen molar-refractivity contribution in [2.24, 2.45) is 0 Å². The predicted molar refractivity (Wildman–Crippen MR) is 112 cm³/mol. The van der Waals surface area contributed by atoms with Crippen molar-refractivity contribution in [2.75, 3.05) is 10.2 Å². The standard InChI is InChI=1S/C21H14N4O4S/c26-18-14-5-1-2-6-15(14)19(27)25(18)21-24-16-8-7-12(10-17(16)30-21)23-20(28)22-11-13-4-3-9-29-13/h1-10H,11H2,(H2,22,23,28). The lowest BCUT2D eigenvalue weighted by Crippen LogP contribution is -2.29. The Kier molecular flexibility index (Phi) is 4.29. The number of imide groups is 1. The summed E-state index contributed by atoms with van der Waals surface area (Å²) in [5.74, 6) is -0.121. The average Bonchev–Trinajstić information content (AvgIpc) is 3.46. The molecule has 0 saturated carbocycles. The van der Waals surface area contributed by atoms with Crippen LogP contribution >= 0.6 is 11.3 Å². The topological polar surface area (TPSA) is 105 Å². The summed E-state index contributed by atoms with van der Waals surface area (Å²) in [7, 11) is 0. The summed E-state index contributed by atoms with van der Waals surface area (Å²) < 4.78 is 5.92. The molecule has 30 heavy (non-hydrogen) atoms. The van der Waals surface area contributed by atoms with E-state index in [2.05, 4.69) is 15.6 Å². The smallest absolute Gasteiger partial charge is 0.319 e. The lowest BCUT2D eigenvalue weighted by Gasteiger charge is -2.08. The zero-order valence-corrected chi connectivity index (χ0v) is 16.2. The van der Waals surface area contributed by atoms with Crippen LogP contribution in [-0.2, 0) is 6.54 Å². The highest BCUT2D eigenvalue weighted by molar-refractivity contribution is 7.22. The van der Waals surface area contributed by atoms with E-state index >= 15 is 0 Å². The molecule has 1 aliphatic heterocycles. The number of nitrogens with one attached hydrogen (secondary N) is 2. The van der Waals surface area contributed by atoms with Crippen LogP contribution in [0.15, 0.2) is 65.3 Å². The molecule has 0 unspecified atom stereocenters.